The van der Waals surface area contributed by atoms with Crippen LogP contribution in [0.3, 0.4) is 0 Å². The zero-order valence-corrected chi connectivity index (χ0v) is 15.3. The minimum atomic E-state index is -4.42. The van der Waals surface area contributed by atoms with Crippen molar-refractivity contribution in [3.05, 3.63) is 71.4 Å². The van der Waals surface area contributed by atoms with E-state index in [1.165, 1.54) is 12.1 Å². The number of benzene rings is 2. The van der Waals surface area contributed by atoms with E-state index in [1.54, 1.807) is 19.2 Å². The van der Waals surface area contributed by atoms with Crippen LogP contribution >= 0.6 is 0 Å². The molecule has 0 aliphatic rings. The van der Waals surface area contributed by atoms with Crippen molar-refractivity contribution in [1.29, 1.82) is 0 Å². The van der Waals surface area contributed by atoms with Gasteiger partial charge in [0.15, 0.2) is 0 Å². The third kappa shape index (κ3) is 4.96. The summed E-state index contributed by atoms with van der Waals surface area (Å²) in [6, 6.07) is 13.5. The highest BCUT2D eigenvalue weighted by atomic mass is 19.4. The molecule has 3 rings (SSSR count). The van der Waals surface area contributed by atoms with Gasteiger partial charge in [-0.1, -0.05) is 30.0 Å². The lowest BCUT2D eigenvalue weighted by Gasteiger charge is -2.05. The predicted molar refractivity (Wildman–Crippen MR) is 101 cm³/mol. The molecule has 1 aromatic heterocycles. The van der Waals surface area contributed by atoms with Crippen LogP contribution in [0.2, 0.25) is 0 Å². The van der Waals surface area contributed by atoms with E-state index >= 15 is 0 Å². The van der Waals surface area contributed by atoms with Crippen molar-refractivity contribution >= 4 is 5.91 Å². The molecule has 3 aromatic rings. The Hall–Kier alpha value is -3.73. The van der Waals surface area contributed by atoms with E-state index < -0.39 is 17.6 Å². The number of alkyl halides is 3. The van der Waals surface area contributed by atoms with Crippen molar-refractivity contribution in [1.82, 2.24) is 15.5 Å². The first-order valence-electron chi connectivity index (χ1n) is 8.51. The van der Waals surface area contributed by atoms with Gasteiger partial charge in [-0.15, -0.1) is 0 Å². The van der Waals surface area contributed by atoms with E-state index in [1.807, 2.05) is 18.2 Å². The lowest BCUT2D eigenvalue weighted by molar-refractivity contribution is -0.137. The molecule has 1 heterocycles. The number of ether oxygens (including phenoxy) is 1. The molecule has 0 bridgehead atoms. The second-order valence-corrected chi connectivity index (χ2v) is 5.93. The smallest absolute Gasteiger partial charge is 0.416 e. The van der Waals surface area contributed by atoms with Crippen LogP contribution in [0.1, 0.15) is 21.6 Å². The fourth-order valence-electron chi connectivity index (χ4n) is 2.57. The standard InChI is InChI=1S/C21H16F3N3O2/c1-29-19-10-3-2-9-16(19)17-13-18(27-26-17)20(28)25-11-5-7-14-6-4-8-15(12-14)21(22,23)24/h2-4,6,8-10,12-13H,11H2,1H3,(H,25,28)(H,26,27). The summed E-state index contributed by atoms with van der Waals surface area (Å²) >= 11 is 0. The summed E-state index contributed by atoms with van der Waals surface area (Å²) < 4.78 is 43.4. The van der Waals surface area contributed by atoms with Crippen LogP contribution in [0, 0.1) is 11.8 Å². The van der Waals surface area contributed by atoms with Gasteiger partial charge in [0.1, 0.15) is 11.4 Å². The number of carbonyl (C=O) groups is 1. The topological polar surface area (TPSA) is 67.0 Å². The number of hydrogen-bond donors (Lipinski definition) is 2. The number of hydrogen-bond acceptors (Lipinski definition) is 3. The van der Waals surface area contributed by atoms with Crippen molar-refractivity contribution in [3.8, 4) is 28.8 Å². The first-order valence-corrected chi connectivity index (χ1v) is 8.51. The lowest BCUT2D eigenvalue weighted by atomic mass is 10.1. The number of para-hydroxylation sites is 1. The minimum Gasteiger partial charge on any atom is -0.496 e. The van der Waals surface area contributed by atoms with Gasteiger partial charge in [-0.2, -0.15) is 18.3 Å². The van der Waals surface area contributed by atoms with E-state index in [4.69, 9.17) is 4.74 Å². The fourth-order valence-corrected chi connectivity index (χ4v) is 2.57. The van der Waals surface area contributed by atoms with Crippen LogP contribution in [0.4, 0.5) is 13.2 Å². The van der Waals surface area contributed by atoms with E-state index in [9.17, 15) is 18.0 Å². The van der Waals surface area contributed by atoms with Crippen molar-refractivity contribution in [2.75, 3.05) is 13.7 Å². The van der Waals surface area contributed by atoms with Gasteiger partial charge in [0, 0.05) is 11.1 Å². The number of carbonyl (C=O) groups excluding carboxylic acids is 1. The Morgan fingerprint density at radius 3 is 2.72 bits per heavy atom. The van der Waals surface area contributed by atoms with Crippen LogP contribution in [-0.2, 0) is 6.18 Å². The summed E-state index contributed by atoms with van der Waals surface area (Å²) in [4.78, 5) is 12.2. The Bertz CT molecular complexity index is 1080. The average Bonchev–Trinajstić information content (AvgIpc) is 3.21. The van der Waals surface area contributed by atoms with Gasteiger partial charge in [0.05, 0.1) is 24.9 Å². The van der Waals surface area contributed by atoms with Crippen molar-refractivity contribution in [3.63, 3.8) is 0 Å². The Morgan fingerprint density at radius 1 is 1.17 bits per heavy atom. The molecule has 29 heavy (non-hydrogen) atoms. The summed E-state index contributed by atoms with van der Waals surface area (Å²) in [7, 11) is 1.54. The highest BCUT2D eigenvalue weighted by molar-refractivity contribution is 5.93. The zero-order valence-electron chi connectivity index (χ0n) is 15.3. The summed E-state index contributed by atoms with van der Waals surface area (Å²) in [5.41, 5.74) is 0.952. The van der Waals surface area contributed by atoms with Crippen LogP contribution < -0.4 is 10.1 Å². The minimum absolute atomic E-state index is 0.0297. The normalized spacial score (nSPS) is 10.8. The van der Waals surface area contributed by atoms with Gasteiger partial charge < -0.3 is 10.1 Å². The summed E-state index contributed by atoms with van der Waals surface area (Å²) in [6.45, 7) is -0.0297. The van der Waals surface area contributed by atoms with Crippen LogP contribution in [0.25, 0.3) is 11.3 Å². The van der Waals surface area contributed by atoms with Gasteiger partial charge in [-0.3, -0.25) is 9.89 Å². The number of halogens is 3. The number of methoxy groups -OCH3 is 1. The predicted octanol–water partition coefficient (Wildman–Crippen LogP) is 3.89. The van der Waals surface area contributed by atoms with Crippen LogP contribution in [0.15, 0.2) is 54.6 Å². The number of H-pyrrole nitrogens is 1. The largest absolute Gasteiger partial charge is 0.496 e. The molecule has 0 radical (unpaired) electrons. The molecule has 0 fully saturated rings. The number of nitrogens with zero attached hydrogens (tertiary/aromatic N) is 1. The van der Waals surface area contributed by atoms with Gasteiger partial charge in [0.25, 0.3) is 5.91 Å². The van der Waals surface area contributed by atoms with Gasteiger partial charge >= 0.3 is 6.18 Å². The quantitative estimate of drug-likeness (QED) is 0.655. The van der Waals surface area contributed by atoms with E-state index in [0.717, 1.165) is 17.7 Å². The van der Waals surface area contributed by atoms with Crippen molar-refractivity contribution in [2.24, 2.45) is 0 Å². The molecule has 0 saturated carbocycles. The van der Waals surface area contributed by atoms with Crippen molar-refractivity contribution in [2.45, 2.75) is 6.18 Å². The summed E-state index contributed by atoms with van der Waals surface area (Å²) in [6.07, 6.45) is -4.42. The van der Waals surface area contributed by atoms with Gasteiger partial charge in [0.2, 0.25) is 0 Å². The number of rotatable bonds is 4. The maximum Gasteiger partial charge on any atom is 0.416 e. The molecule has 5 nitrogen and oxygen atoms in total. The first kappa shape index (κ1) is 20.0. The highest BCUT2D eigenvalue weighted by Gasteiger charge is 2.30. The summed E-state index contributed by atoms with van der Waals surface area (Å²) in [5.74, 6) is 5.43. The molecule has 148 valence electrons. The Labute approximate surface area is 164 Å². The molecule has 0 atom stereocenters. The second-order valence-electron chi connectivity index (χ2n) is 5.93. The second kappa shape index (κ2) is 8.52. The monoisotopic (exact) mass is 399 g/mol. The van der Waals surface area contributed by atoms with E-state index in [2.05, 4.69) is 27.4 Å². The zero-order chi connectivity index (χ0) is 20.9. The number of aromatic amines is 1. The Balaban J connectivity index is 1.63. The molecule has 0 aliphatic heterocycles. The van der Waals surface area contributed by atoms with E-state index in [-0.39, 0.29) is 17.8 Å². The number of amides is 1. The molecule has 0 saturated heterocycles. The van der Waals surface area contributed by atoms with Crippen molar-refractivity contribution < 1.29 is 22.7 Å². The molecular formula is C21H16F3N3O2. The molecule has 0 unspecified atom stereocenters. The Kier molecular flexibility index (Phi) is 5.88. The molecule has 2 aromatic carbocycles. The first-order chi connectivity index (χ1) is 13.9. The molecule has 0 aliphatic carbocycles. The Morgan fingerprint density at radius 2 is 1.97 bits per heavy atom. The molecule has 2 N–H and O–H groups in total. The SMILES string of the molecule is COc1ccccc1-c1cc(C(=O)NCC#Cc2cccc(C(F)(F)F)c2)[nH]n1. The van der Waals surface area contributed by atoms with Gasteiger partial charge in [-0.05, 0) is 36.4 Å². The third-order valence-corrected chi connectivity index (χ3v) is 3.97. The number of nitrogens with one attached hydrogen (secondary N) is 2. The van der Waals surface area contributed by atoms with Crippen LogP contribution in [-0.4, -0.2) is 29.8 Å². The summed E-state index contributed by atoms with van der Waals surface area (Å²) in [5, 5.41) is 9.33. The van der Waals surface area contributed by atoms with Crippen LogP contribution in [0.5, 0.6) is 5.75 Å². The highest BCUT2D eigenvalue weighted by Crippen LogP contribution is 2.29. The van der Waals surface area contributed by atoms with E-state index in [0.29, 0.717) is 11.4 Å². The molecule has 1 amide bonds. The fraction of sp³-hybridized carbons (Fsp3) is 0.143. The molecular weight excluding hydrogens is 383 g/mol. The molecule has 8 heteroatoms. The average molecular weight is 399 g/mol. The third-order valence-electron chi connectivity index (χ3n) is 3.97. The maximum absolute atomic E-state index is 12.7. The van der Waals surface area contributed by atoms with Gasteiger partial charge in [-0.25, -0.2) is 0 Å². The number of aromatic nitrogens is 2. The lowest BCUT2D eigenvalue weighted by Crippen LogP contribution is -2.23. The maximum atomic E-state index is 12.7. The molecule has 0 spiro atoms.